The van der Waals surface area contributed by atoms with Crippen molar-refractivity contribution >= 4 is 40.0 Å². The van der Waals surface area contributed by atoms with Crippen molar-refractivity contribution in [1.29, 1.82) is 0 Å². The van der Waals surface area contributed by atoms with E-state index in [0.29, 0.717) is 31.0 Å². The fourth-order valence-corrected chi connectivity index (χ4v) is 3.95. The molecule has 136 valence electrons. The Morgan fingerprint density at radius 3 is 2.88 bits per heavy atom. The lowest BCUT2D eigenvalue weighted by molar-refractivity contribution is -0.134. The van der Waals surface area contributed by atoms with Crippen molar-refractivity contribution in [2.24, 2.45) is 0 Å². The van der Waals surface area contributed by atoms with Crippen LogP contribution in [0.5, 0.6) is 0 Å². The standard InChI is InChI=1S/C19H21ClN4O2/c20-13-2-3-15-14(12-13)17(6-7-21-15)23-8-1-9-24(11-10-23)19(26)16-4-5-18(25)22-16/h2-3,6-7,12,16H,1,4-5,8-11H2,(H,22,25)/t16-/m0/s1. The number of benzene rings is 1. The molecule has 4 rings (SSSR count). The molecule has 26 heavy (non-hydrogen) atoms. The first-order valence-corrected chi connectivity index (χ1v) is 9.37. The summed E-state index contributed by atoms with van der Waals surface area (Å²) in [6, 6.07) is 7.38. The van der Waals surface area contributed by atoms with Crippen LogP contribution in [-0.2, 0) is 9.59 Å². The number of carbonyl (C=O) groups is 2. The third kappa shape index (κ3) is 3.33. The number of fused-ring (bicyclic) bond motifs is 1. The number of nitrogens with zero attached hydrogens (tertiary/aromatic N) is 3. The third-order valence-corrected chi connectivity index (χ3v) is 5.36. The Morgan fingerprint density at radius 1 is 1.19 bits per heavy atom. The molecule has 6 nitrogen and oxygen atoms in total. The number of halogens is 1. The van der Waals surface area contributed by atoms with Crippen molar-refractivity contribution in [3.8, 4) is 0 Å². The minimum Gasteiger partial charge on any atom is -0.369 e. The van der Waals surface area contributed by atoms with Gasteiger partial charge in [-0.2, -0.15) is 0 Å². The van der Waals surface area contributed by atoms with Crippen LogP contribution in [0.15, 0.2) is 30.5 Å². The lowest BCUT2D eigenvalue weighted by Gasteiger charge is -2.26. The Hall–Kier alpha value is -2.34. The quantitative estimate of drug-likeness (QED) is 0.877. The summed E-state index contributed by atoms with van der Waals surface area (Å²) in [5, 5.41) is 4.50. The maximum Gasteiger partial charge on any atom is 0.245 e. The third-order valence-electron chi connectivity index (χ3n) is 5.12. The van der Waals surface area contributed by atoms with E-state index in [1.54, 1.807) is 0 Å². The van der Waals surface area contributed by atoms with Gasteiger partial charge in [0.15, 0.2) is 0 Å². The summed E-state index contributed by atoms with van der Waals surface area (Å²) in [6.45, 7) is 2.98. The Morgan fingerprint density at radius 2 is 2.08 bits per heavy atom. The van der Waals surface area contributed by atoms with Crippen molar-refractivity contribution in [2.45, 2.75) is 25.3 Å². The van der Waals surface area contributed by atoms with Gasteiger partial charge < -0.3 is 15.1 Å². The highest BCUT2D eigenvalue weighted by atomic mass is 35.5. The van der Waals surface area contributed by atoms with Crippen molar-refractivity contribution in [3.05, 3.63) is 35.5 Å². The molecule has 1 aromatic carbocycles. The van der Waals surface area contributed by atoms with E-state index in [9.17, 15) is 9.59 Å². The maximum absolute atomic E-state index is 12.7. The normalized spacial score (nSPS) is 21.0. The molecule has 2 aliphatic rings. The molecule has 0 aliphatic carbocycles. The number of carbonyl (C=O) groups excluding carboxylic acids is 2. The summed E-state index contributed by atoms with van der Waals surface area (Å²) in [7, 11) is 0. The fraction of sp³-hybridized carbons (Fsp3) is 0.421. The Balaban J connectivity index is 1.51. The summed E-state index contributed by atoms with van der Waals surface area (Å²) in [4.78, 5) is 32.6. The second-order valence-corrected chi connectivity index (χ2v) is 7.25. The topological polar surface area (TPSA) is 65.5 Å². The highest BCUT2D eigenvalue weighted by molar-refractivity contribution is 6.31. The van der Waals surface area contributed by atoms with Crippen LogP contribution in [0.1, 0.15) is 19.3 Å². The van der Waals surface area contributed by atoms with Gasteiger partial charge in [0.05, 0.1) is 5.52 Å². The van der Waals surface area contributed by atoms with Gasteiger partial charge in [0, 0.05) is 54.9 Å². The Labute approximate surface area is 157 Å². The molecule has 0 spiro atoms. The summed E-state index contributed by atoms with van der Waals surface area (Å²) >= 11 is 6.18. The second-order valence-electron chi connectivity index (χ2n) is 6.82. The van der Waals surface area contributed by atoms with Gasteiger partial charge >= 0.3 is 0 Å². The van der Waals surface area contributed by atoms with E-state index < -0.39 is 0 Å². The lowest BCUT2D eigenvalue weighted by atomic mass is 10.1. The van der Waals surface area contributed by atoms with E-state index in [2.05, 4.69) is 15.2 Å². The van der Waals surface area contributed by atoms with Crippen LogP contribution in [0.4, 0.5) is 5.69 Å². The highest BCUT2D eigenvalue weighted by Crippen LogP contribution is 2.28. The maximum atomic E-state index is 12.7. The number of hydrogen-bond donors (Lipinski definition) is 1. The minimum absolute atomic E-state index is 0.0278. The highest BCUT2D eigenvalue weighted by Gasteiger charge is 2.31. The van der Waals surface area contributed by atoms with Crippen LogP contribution in [-0.4, -0.2) is 53.9 Å². The van der Waals surface area contributed by atoms with Gasteiger partial charge in [-0.05, 0) is 37.1 Å². The zero-order valence-electron chi connectivity index (χ0n) is 14.4. The predicted molar refractivity (Wildman–Crippen MR) is 101 cm³/mol. The SMILES string of the molecule is O=C1CC[C@@H](C(=O)N2CCCN(c3ccnc4ccc(Cl)cc34)CC2)N1. The summed E-state index contributed by atoms with van der Waals surface area (Å²) in [6.07, 6.45) is 3.75. The number of rotatable bonds is 2. The van der Waals surface area contributed by atoms with Gasteiger partial charge in [0.1, 0.15) is 6.04 Å². The first-order chi connectivity index (χ1) is 12.6. The molecular formula is C19H21ClN4O2. The number of amides is 2. The van der Waals surface area contributed by atoms with Crippen molar-refractivity contribution < 1.29 is 9.59 Å². The van der Waals surface area contributed by atoms with E-state index in [1.165, 1.54) is 0 Å². The number of aromatic nitrogens is 1. The Kier molecular flexibility index (Phi) is 4.68. The minimum atomic E-state index is -0.352. The molecule has 3 heterocycles. The average molecular weight is 373 g/mol. The van der Waals surface area contributed by atoms with Crippen LogP contribution < -0.4 is 10.2 Å². The van der Waals surface area contributed by atoms with Gasteiger partial charge in [-0.25, -0.2) is 0 Å². The van der Waals surface area contributed by atoms with E-state index >= 15 is 0 Å². The zero-order chi connectivity index (χ0) is 18.1. The summed E-state index contributed by atoms with van der Waals surface area (Å²) in [5.74, 6) is 0.0141. The van der Waals surface area contributed by atoms with Gasteiger partial charge in [0.25, 0.3) is 0 Å². The lowest BCUT2D eigenvalue weighted by Crippen LogP contribution is -2.45. The molecule has 0 saturated carbocycles. The summed E-state index contributed by atoms with van der Waals surface area (Å²) in [5.41, 5.74) is 2.01. The number of nitrogens with one attached hydrogen (secondary N) is 1. The predicted octanol–water partition coefficient (Wildman–Crippen LogP) is 2.21. The number of pyridine rings is 1. The van der Waals surface area contributed by atoms with Gasteiger partial charge in [0.2, 0.25) is 11.8 Å². The molecule has 0 unspecified atom stereocenters. The zero-order valence-corrected chi connectivity index (χ0v) is 15.2. The van der Waals surface area contributed by atoms with Crippen LogP contribution >= 0.6 is 11.6 Å². The molecule has 0 radical (unpaired) electrons. The molecule has 2 aliphatic heterocycles. The average Bonchev–Trinajstić information content (AvgIpc) is 2.93. The Bertz CT molecular complexity index is 857. The second kappa shape index (κ2) is 7.11. The monoisotopic (exact) mass is 372 g/mol. The molecular weight excluding hydrogens is 352 g/mol. The molecule has 0 bridgehead atoms. The molecule has 1 N–H and O–H groups in total. The van der Waals surface area contributed by atoms with E-state index in [-0.39, 0.29) is 17.9 Å². The van der Waals surface area contributed by atoms with Crippen LogP contribution in [0.3, 0.4) is 0 Å². The molecule has 2 saturated heterocycles. The summed E-state index contributed by atoms with van der Waals surface area (Å²) < 4.78 is 0. The molecule has 2 amide bonds. The fourth-order valence-electron chi connectivity index (χ4n) is 3.78. The van der Waals surface area contributed by atoms with Crippen molar-refractivity contribution in [1.82, 2.24) is 15.2 Å². The van der Waals surface area contributed by atoms with Crippen LogP contribution in [0, 0.1) is 0 Å². The van der Waals surface area contributed by atoms with Gasteiger partial charge in [-0.3, -0.25) is 14.6 Å². The molecule has 2 aromatic rings. The molecule has 1 atom stereocenters. The van der Waals surface area contributed by atoms with E-state index in [0.717, 1.165) is 36.1 Å². The largest absolute Gasteiger partial charge is 0.369 e. The van der Waals surface area contributed by atoms with E-state index in [1.807, 2.05) is 35.4 Å². The first kappa shape index (κ1) is 17.1. The first-order valence-electron chi connectivity index (χ1n) is 8.99. The smallest absolute Gasteiger partial charge is 0.245 e. The molecule has 1 aromatic heterocycles. The van der Waals surface area contributed by atoms with Crippen molar-refractivity contribution in [2.75, 3.05) is 31.1 Å². The molecule has 2 fully saturated rings. The number of hydrogen-bond acceptors (Lipinski definition) is 4. The molecule has 7 heteroatoms. The van der Waals surface area contributed by atoms with Crippen LogP contribution in [0.25, 0.3) is 10.9 Å². The van der Waals surface area contributed by atoms with Gasteiger partial charge in [-0.15, -0.1) is 0 Å². The van der Waals surface area contributed by atoms with Crippen LogP contribution in [0.2, 0.25) is 5.02 Å². The van der Waals surface area contributed by atoms with E-state index in [4.69, 9.17) is 11.6 Å². The van der Waals surface area contributed by atoms with Gasteiger partial charge in [-0.1, -0.05) is 11.6 Å². The van der Waals surface area contributed by atoms with Crippen molar-refractivity contribution in [3.63, 3.8) is 0 Å². The number of anilines is 1.